The van der Waals surface area contributed by atoms with Crippen molar-refractivity contribution in [2.75, 3.05) is 5.32 Å². The van der Waals surface area contributed by atoms with Gasteiger partial charge in [0.2, 0.25) is 5.91 Å². The first kappa shape index (κ1) is 18.9. The van der Waals surface area contributed by atoms with Crippen molar-refractivity contribution in [1.29, 1.82) is 0 Å². The van der Waals surface area contributed by atoms with Crippen LogP contribution in [0.4, 0.5) is 10.1 Å². The summed E-state index contributed by atoms with van der Waals surface area (Å²) in [6.45, 7) is 5.75. The highest BCUT2D eigenvalue weighted by Gasteiger charge is 2.16. The van der Waals surface area contributed by atoms with Crippen LogP contribution in [0.3, 0.4) is 0 Å². The van der Waals surface area contributed by atoms with Gasteiger partial charge in [-0.15, -0.1) is 0 Å². The highest BCUT2D eigenvalue weighted by molar-refractivity contribution is 5.97. The molecule has 6 heteroatoms. The normalized spacial score (nSPS) is 11.3. The highest BCUT2D eigenvalue weighted by atomic mass is 19.1. The number of anilines is 1. The maximum atomic E-state index is 13.0. The minimum atomic E-state index is -0.455. The third-order valence-electron chi connectivity index (χ3n) is 5.31. The van der Waals surface area contributed by atoms with Crippen molar-refractivity contribution in [2.24, 2.45) is 0 Å². The number of aryl methyl sites for hydroxylation is 3. The maximum Gasteiger partial charge on any atom is 0.339 e. The summed E-state index contributed by atoms with van der Waals surface area (Å²) in [5.41, 5.74) is 3.52. The molecule has 0 bridgehead atoms. The molecule has 4 rings (SSSR count). The maximum absolute atomic E-state index is 13.0. The number of halogens is 1. The number of carbonyl (C=O) groups excluding carboxylic acids is 1. The Kier molecular flexibility index (Phi) is 4.70. The molecule has 0 aliphatic heterocycles. The molecular formula is C23H20FNO4. The second-order valence-electron chi connectivity index (χ2n) is 7.18. The molecule has 1 amide bonds. The van der Waals surface area contributed by atoms with Gasteiger partial charge in [-0.3, -0.25) is 4.79 Å². The van der Waals surface area contributed by atoms with Crippen molar-refractivity contribution in [1.82, 2.24) is 0 Å². The lowest BCUT2D eigenvalue weighted by Gasteiger charge is -2.09. The van der Waals surface area contributed by atoms with Crippen LogP contribution < -0.4 is 10.9 Å². The van der Waals surface area contributed by atoms with Crippen LogP contribution >= 0.6 is 0 Å². The predicted molar refractivity (Wildman–Crippen MR) is 110 cm³/mol. The second-order valence-corrected chi connectivity index (χ2v) is 7.18. The first-order valence-electron chi connectivity index (χ1n) is 9.35. The minimum absolute atomic E-state index is 0.112. The van der Waals surface area contributed by atoms with Crippen LogP contribution in [0.1, 0.15) is 28.9 Å². The van der Waals surface area contributed by atoms with Crippen LogP contribution in [-0.2, 0) is 11.2 Å². The van der Waals surface area contributed by atoms with E-state index >= 15 is 0 Å². The standard InChI is InChI=1S/C23H20FNO4/c1-12-14(3)28-20-11-21-19(10-18(12)20)13(2)17(23(27)29-21)8-9-22(26)25-16-6-4-15(24)5-7-16/h4-7,10-11H,8-9H2,1-3H3,(H,25,26). The van der Waals surface area contributed by atoms with Gasteiger partial charge in [-0.25, -0.2) is 9.18 Å². The van der Waals surface area contributed by atoms with Gasteiger partial charge in [0.05, 0.1) is 0 Å². The van der Waals surface area contributed by atoms with Crippen LogP contribution in [0, 0.1) is 26.6 Å². The molecule has 2 aromatic carbocycles. The van der Waals surface area contributed by atoms with Gasteiger partial charge in [0.25, 0.3) is 0 Å². The van der Waals surface area contributed by atoms with Crippen LogP contribution in [-0.4, -0.2) is 5.91 Å². The van der Waals surface area contributed by atoms with Gasteiger partial charge < -0.3 is 14.2 Å². The van der Waals surface area contributed by atoms with E-state index in [1.165, 1.54) is 24.3 Å². The molecule has 0 saturated carbocycles. The molecular weight excluding hydrogens is 373 g/mol. The third-order valence-corrected chi connectivity index (χ3v) is 5.31. The fourth-order valence-corrected chi connectivity index (χ4v) is 3.51. The molecule has 5 nitrogen and oxygen atoms in total. The minimum Gasteiger partial charge on any atom is -0.461 e. The van der Waals surface area contributed by atoms with Crippen LogP contribution in [0.2, 0.25) is 0 Å². The predicted octanol–water partition coefficient (Wildman–Crippen LogP) is 5.17. The molecule has 1 N–H and O–H groups in total. The number of rotatable bonds is 4. The van der Waals surface area contributed by atoms with E-state index in [2.05, 4.69) is 5.32 Å². The van der Waals surface area contributed by atoms with Crippen LogP contribution in [0.25, 0.3) is 21.9 Å². The Hall–Kier alpha value is -3.41. The van der Waals surface area contributed by atoms with E-state index in [9.17, 15) is 14.0 Å². The zero-order chi connectivity index (χ0) is 20.7. The van der Waals surface area contributed by atoms with E-state index < -0.39 is 5.63 Å². The van der Waals surface area contributed by atoms with E-state index in [4.69, 9.17) is 8.83 Å². The van der Waals surface area contributed by atoms with E-state index in [-0.39, 0.29) is 24.6 Å². The third kappa shape index (κ3) is 3.53. The van der Waals surface area contributed by atoms with Crippen molar-refractivity contribution in [3.8, 4) is 0 Å². The van der Waals surface area contributed by atoms with E-state index in [0.717, 1.165) is 27.7 Å². The number of fused-ring (bicyclic) bond motifs is 2. The van der Waals surface area contributed by atoms with Gasteiger partial charge in [-0.05, 0) is 68.7 Å². The van der Waals surface area contributed by atoms with Gasteiger partial charge in [0.15, 0.2) is 0 Å². The molecule has 0 aliphatic carbocycles. The molecule has 148 valence electrons. The summed E-state index contributed by atoms with van der Waals surface area (Å²) in [6.07, 6.45) is 0.360. The van der Waals surface area contributed by atoms with Crippen molar-refractivity contribution < 1.29 is 18.0 Å². The zero-order valence-corrected chi connectivity index (χ0v) is 16.4. The Morgan fingerprint density at radius 1 is 0.966 bits per heavy atom. The van der Waals surface area contributed by atoms with E-state index in [1.54, 1.807) is 6.07 Å². The molecule has 0 aliphatic rings. The Morgan fingerprint density at radius 3 is 2.34 bits per heavy atom. The zero-order valence-electron chi connectivity index (χ0n) is 16.4. The Balaban J connectivity index is 1.62. The topological polar surface area (TPSA) is 72.5 Å². The van der Waals surface area contributed by atoms with Crippen molar-refractivity contribution in [3.05, 3.63) is 75.1 Å². The number of furan rings is 1. The lowest BCUT2D eigenvalue weighted by atomic mass is 10.0. The SMILES string of the molecule is Cc1oc2cc3oc(=O)c(CCC(=O)Nc4ccc(F)cc4)c(C)c3cc2c1C. The summed E-state index contributed by atoms with van der Waals surface area (Å²) in [5.74, 6) is 0.199. The average Bonchev–Trinajstić information content (AvgIpc) is 2.95. The van der Waals surface area contributed by atoms with Gasteiger partial charge in [-0.2, -0.15) is 0 Å². The lowest BCUT2D eigenvalue weighted by molar-refractivity contribution is -0.116. The highest BCUT2D eigenvalue weighted by Crippen LogP contribution is 2.31. The lowest BCUT2D eigenvalue weighted by Crippen LogP contribution is -2.16. The van der Waals surface area contributed by atoms with Gasteiger partial charge in [0, 0.05) is 34.5 Å². The molecule has 2 heterocycles. The first-order valence-corrected chi connectivity index (χ1v) is 9.35. The van der Waals surface area contributed by atoms with E-state index in [1.807, 2.05) is 26.8 Å². The largest absolute Gasteiger partial charge is 0.461 e. The smallest absolute Gasteiger partial charge is 0.339 e. The monoisotopic (exact) mass is 393 g/mol. The average molecular weight is 393 g/mol. The van der Waals surface area contributed by atoms with Gasteiger partial charge in [0.1, 0.15) is 22.7 Å². The van der Waals surface area contributed by atoms with Crippen LogP contribution in [0.5, 0.6) is 0 Å². The molecule has 2 aromatic heterocycles. The quantitative estimate of drug-likeness (QED) is 0.485. The number of amides is 1. The van der Waals surface area contributed by atoms with Crippen molar-refractivity contribution >= 4 is 33.5 Å². The number of nitrogens with one attached hydrogen (secondary N) is 1. The van der Waals surface area contributed by atoms with E-state index in [0.29, 0.717) is 22.4 Å². The molecule has 29 heavy (non-hydrogen) atoms. The summed E-state index contributed by atoms with van der Waals surface area (Å²) in [6, 6.07) is 9.24. The van der Waals surface area contributed by atoms with Gasteiger partial charge >= 0.3 is 5.63 Å². The number of carbonyl (C=O) groups is 1. The second kappa shape index (κ2) is 7.20. The first-order chi connectivity index (χ1) is 13.8. The molecule has 0 spiro atoms. The molecule has 0 unspecified atom stereocenters. The number of hydrogen-bond donors (Lipinski definition) is 1. The fraction of sp³-hybridized carbons (Fsp3) is 0.217. The van der Waals surface area contributed by atoms with Crippen LogP contribution in [0.15, 0.2) is 50.0 Å². The molecule has 4 aromatic rings. The summed E-state index contributed by atoms with van der Waals surface area (Å²) in [5, 5.41) is 4.51. The summed E-state index contributed by atoms with van der Waals surface area (Å²) in [4.78, 5) is 24.7. The molecule has 0 radical (unpaired) electrons. The Morgan fingerprint density at radius 2 is 1.62 bits per heavy atom. The summed E-state index contributed by atoms with van der Waals surface area (Å²) < 4.78 is 24.2. The fourth-order valence-electron chi connectivity index (χ4n) is 3.51. The molecule has 0 saturated heterocycles. The summed E-state index contributed by atoms with van der Waals surface area (Å²) in [7, 11) is 0. The van der Waals surface area contributed by atoms with Gasteiger partial charge in [-0.1, -0.05) is 0 Å². The van der Waals surface area contributed by atoms with Crippen molar-refractivity contribution in [2.45, 2.75) is 33.6 Å². The molecule has 0 atom stereocenters. The Bertz CT molecular complexity index is 1300. The Labute approximate surface area is 166 Å². The molecule has 0 fully saturated rings. The van der Waals surface area contributed by atoms with Crippen molar-refractivity contribution in [3.63, 3.8) is 0 Å². The summed E-state index contributed by atoms with van der Waals surface area (Å²) >= 11 is 0. The number of benzene rings is 2. The number of hydrogen-bond acceptors (Lipinski definition) is 4.